The summed E-state index contributed by atoms with van der Waals surface area (Å²) in [6.07, 6.45) is 3.98. The Morgan fingerprint density at radius 2 is 1.61 bits per heavy atom. The van der Waals surface area contributed by atoms with Crippen LogP contribution in [-0.2, 0) is 4.79 Å². The molecule has 1 amide bonds. The lowest BCUT2D eigenvalue weighted by atomic mass is 10.0. The Labute approximate surface area is 203 Å². The number of amides is 1. The van der Waals surface area contributed by atoms with Gasteiger partial charge in [0.1, 0.15) is 5.75 Å². The molecule has 4 aromatic rings. The van der Waals surface area contributed by atoms with Gasteiger partial charge in [-0.25, -0.2) is 0 Å². The van der Waals surface area contributed by atoms with Crippen molar-refractivity contribution < 1.29 is 9.53 Å². The quantitative estimate of drug-likeness (QED) is 0.165. The Balaban J connectivity index is 1.58. The van der Waals surface area contributed by atoms with Crippen LogP contribution in [0.4, 0.5) is 5.69 Å². The second-order valence-electron chi connectivity index (χ2n) is 7.92. The molecule has 0 saturated carbocycles. The molecule has 1 fully saturated rings. The molecule has 0 unspecified atom stereocenters. The number of carbonyl (C=O) groups excluding carboxylic acids is 1. The van der Waals surface area contributed by atoms with Gasteiger partial charge in [0.25, 0.3) is 5.91 Å². The van der Waals surface area contributed by atoms with Gasteiger partial charge in [-0.3, -0.25) is 9.69 Å². The summed E-state index contributed by atoms with van der Waals surface area (Å²) in [5, 5.41) is 4.25. The van der Waals surface area contributed by atoms with Crippen molar-refractivity contribution in [2.45, 2.75) is 19.8 Å². The average molecular weight is 470 g/mol. The molecule has 33 heavy (non-hydrogen) atoms. The molecule has 1 aliphatic rings. The van der Waals surface area contributed by atoms with E-state index in [2.05, 4.69) is 25.1 Å². The lowest BCUT2D eigenvalue weighted by molar-refractivity contribution is -0.113. The number of thioether (sulfide) groups is 1. The second-order valence-corrected chi connectivity index (χ2v) is 9.59. The highest BCUT2D eigenvalue weighted by Gasteiger charge is 2.34. The first-order valence-corrected chi connectivity index (χ1v) is 12.3. The predicted octanol–water partition coefficient (Wildman–Crippen LogP) is 7.58. The van der Waals surface area contributed by atoms with Crippen LogP contribution in [0.1, 0.15) is 25.3 Å². The van der Waals surface area contributed by atoms with Gasteiger partial charge < -0.3 is 4.74 Å². The standard InChI is InChI=1S/C28H23NO2S2/c1-2-3-17-31-25-16-15-20-10-4-6-12-21(20)23(25)18-26-27(30)29(28(32)33-26)24-14-8-11-19-9-5-7-13-22(19)24/h4-16,18H,2-3,17H2,1H3/b26-18+. The number of hydrogen-bond acceptors (Lipinski definition) is 4. The highest BCUT2D eigenvalue weighted by atomic mass is 32.2. The number of nitrogens with zero attached hydrogens (tertiary/aromatic N) is 1. The largest absolute Gasteiger partial charge is 0.493 e. The normalized spacial score (nSPS) is 15.2. The molecule has 0 radical (unpaired) electrons. The van der Waals surface area contributed by atoms with E-state index in [-0.39, 0.29) is 5.91 Å². The fraction of sp³-hybridized carbons (Fsp3) is 0.143. The fourth-order valence-electron chi connectivity index (χ4n) is 4.09. The van der Waals surface area contributed by atoms with Crippen molar-refractivity contribution >= 4 is 67.5 Å². The molecule has 0 spiro atoms. The molecular weight excluding hydrogens is 446 g/mol. The van der Waals surface area contributed by atoms with Crippen LogP contribution in [0.2, 0.25) is 0 Å². The van der Waals surface area contributed by atoms with E-state index in [0.717, 1.165) is 51.4 Å². The van der Waals surface area contributed by atoms with Gasteiger partial charge in [0.2, 0.25) is 0 Å². The molecule has 0 aromatic heterocycles. The summed E-state index contributed by atoms with van der Waals surface area (Å²) in [7, 11) is 0. The van der Waals surface area contributed by atoms with Gasteiger partial charge >= 0.3 is 0 Å². The van der Waals surface area contributed by atoms with E-state index in [9.17, 15) is 4.79 Å². The van der Waals surface area contributed by atoms with Gasteiger partial charge in [-0.15, -0.1) is 0 Å². The number of anilines is 1. The maximum Gasteiger partial charge on any atom is 0.270 e. The zero-order valence-electron chi connectivity index (χ0n) is 18.3. The topological polar surface area (TPSA) is 29.5 Å². The molecule has 1 heterocycles. The van der Waals surface area contributed by atoms with Gasteiger partial charge in [0, 0.05) is 10.9 Å². The molecule has 0 N–H and O–H groups in total. The molecule has 1 aliphatic heterocycles. The molecule has 5 heteroatoms. The fourth-order valence-corrected chi connectivity index (χ4v) is 5.35. The number of unbranched alkanes of at least 4 members (excludes halogenated alkanes) is 1. The van der Waals surface area contributed by atoms with Crippen LogP contribution >= 0.6 is 24.0 Å². The average Bonchev–Trinajstić information content (AvgIpc) is 3.12. The van der Waals surface area contributed by atoms with E-state index < -0.39 is 0 Å². The van der Waals surface area contributed by atoms with Crippen LogP contribution in [0.5, 0.6) is 5.75 Å². The number of thiocarbonyl (C=S) groups is 1. The van der Waals surface area contributed by atoms with Crippen molar-refractivity contribution in [3.63, 3.8) is 0 Å². The van der Waals surface area contributed by atoms with Crippen molar-refractivity contribution in [1.82, 2.24) is 0 Å². The van der Waals surface area contributed by atoms with E-state index in [1.165, 1.54) is 11.8 Å². The molecule has 164 valence electrons. The minimum atomic E-state index is -0.103. The Bertz CT molecular complexity index is 1400. The Kier molecular flexibility index (Phi) is 6.16. The lowest BCUT2D eigenvalue weighted by Gasteiger charge is -2.17. The van der Waals surface area contributed by atoms with Crippen LogP contribution in [0, 0.1) is 0 Å². The number of benzene rings is 4. The summed E-state index contributed by atoms with van der Waals surface area (Å²) < 4.78 is 6.65. The van der Waals surface area contributed by atoms with Gasteiger partial charge in [-0.2, -0.15) is 0 Å². The summed E-state index contributed by atoms with van der Waals surface area (Å²) in [6, 6.07) is 26.2. The monoisotopic (exact) mass is 469 g/mol. The molecule has 3 nitrogen and oxygen atoms in total. The second kappa shape index (κ2) is 9.38. The Hall–Kier alpha value is -3.15. The molecule has 4 aromatic carbocycles. The molecule has 0 bridgehead atoms. The third kappa shape index (κ3) is 4.14. The first-order chi connectivity index (χ1) is 16.2. The third-order valence-electron chi connectivity index (χ3n) is 5.76. The first-order valence-electron chi connectivity index (χ1n) is 11.1. The van der Waals surface area contributed by atoms with Crippen molar-refractivity contribution in [1.29, 1.82) is 0 Å². The summed E-state index contributed by atoms with van der Waals surface area (Å²) in [4.78, 5) is 15.8. The third-order valence-corrected chi connectivity index (χ3v) is 7.06. The zero-order valence-corrected chi connectivity index (χ0v) is 19.9. The highest BCUT2D eigenvalue weighted by molar-refractivity contribution is 8.27. The van der Waals surface area contributed by atoms with Crippen LogP contribution < -0.4 is 9.64 Å². The van der Waals surface area contributed by atoms with Crippen LogP contribution in [0.15, 0.2) is 83.8 Å². The predicted molar refractivity (Wildman–Crippen MR) is 144 cm³/mol. The highest BCUT2D eigenvalue weighted by Crippen LogP contribution is 2.40. The number of ether oxygens (including phenoxy) is 1. The molecule has 1 saturated heterocycles. The van der Waals surface area contributed by atoms with Crippen molar-refractivity contribution in [3.05, 3.63) is 89.3 Å². The molecule has 5 rings (SSSR count). The summed E-state index contributed by atoms with van der Waals surface area (Å²) >= 11 is 7.01. The van der Waals surface area contributed by atoms with E-state index in [1.807, 2.05) is 66.7 Å². The van der Waals surface area contributed by atoms with Crippen LogP contribution in [-0.4, -0.2) is 16.8 Å². The van der Waals surface area contributed by atoms with Crippen LogP contribution in [0.25, 0.3) is 27.6 Å². The summed E-state index contributed by atoms with van der Waals surface area (Å²) in [5.74, 6) is 0.686. The number of fused-ring (bicyclic) bond motifs is 2. The SMILES string of the molecule is CCCCOc1ccc2ccccc2c1/C=C1/SC(=S)N(c2cccc3ccccc23)C1=O. The maximum atomic E-state index is 13.6. The first kappa shape index (κ1) is 21.7. The number of rotatable bonds is 6. The molecular formula is C28H23NO2S2. The van der Waals surface area contributed by atoms with Gasteiger partial charge in [-0.05, 0) is 40.8 Å². The van der Waals surface area contributed by atoms with Gasteiger partial charge in [-0.1, -0.05) is 104 Å². The van der Waals surface area contributed by atoms with Crippen molar-refractivity contribution in [2.75, 3.05) is 11.5 Å². The zero-order chi connectivity index (χ0) is 22.8. The van der Waals surface area contributed by atoms with Gasteiger partial charge in [0.15, 0.2) is 4.32 Å². The Morgan fingerprint density at radius 3 is 2.39 bits per heavy atom. The van der Waals surface area contributed by atoms with Gasteiger partial charge in [0.05, 0.1) is 17.2 Å². The van der Waals surface area contributed by atoms with E-state index >= 15 is 0 Å². The van der Waals surface area contributed by atoms with E-state index in [4.69, 9.17) is 17.0 Å². The number of hydrogen-bond donors (Lipinski definition) is 0. The molecule has 0 atom stereocenters. The minimum absolute atomic E-state index is 0.103. The van der Waals surface area contributed by atoms with Crippen LogP contribution in [0.3, 0.4) is 0 Å². The summed E-state index contributed by atoms with van der Waals surface area (Å²) in [6.45, 7) is 2.79. The van der Waals surface area contributed by atoms with E-state index in [0.29, 0.717) is 15.8 Å². The maximum absolute atomic E-state index is 13.6. The van der Waals surface area contributed by atoms with E-state index in [1.54, 1.807) is 4.90 Å². The Morgan fingerprint density at radius 1 is 0.909 bits per heavy atom. The molecule has 0 aliphatic carbocycles. The smallest absolute Gasteiger partial charge is 0.270 e. The lowest BCUT2D eigenvalue weighted by Crippen LogP contribution is -2.27. The van der Waals surface area contributed by atoms with Crippen molar-refractivity contribution in [2.24, 2.45) is 0 Å². The van der Waals surface area contributed by atoms with Crippen molar-refractivity contribution in [3.8, 4) is 5.75 Å². The summed E-state index contributed by atoms with van der Waals surface area (Å²) in [5.41, 5.74) is 1.74. The number of carbonyl (C=O) groups is 1. The minimum Gasteiger partial charge on any atom is -0.493 e.